The number of rotatable bonds is 3. The van der Waals surface area contributed by atoms with E-state index in [1.807, 2.05) is 6.07 Å². The number of pyridine rings is 1. The number of amides is 1. The van der Waals surface area contributed by atoms with E-state index in [9.17, 15) is 9.59 Å². The maximum atomic E-state index is 11.8. The van der Waals surface area contributed by atoms with Gasteiger partial charge < -0.3 is 10.4 Å². The Labute approximate surface area is 103 Å². The van der Waals surface area contributed by atoms with Crippen molar-refractivity contribution in [1.82, 2.24) is 4.98 Å². The van der Waals surface area contributed by atoms with Crippen LogP contribution in [0.25, 0.3) is 0 Å². The van der Waals surface area contributed by atoms with Crippen molar-refractivity contribution in [2.75, 3.05) is 5.32 Å². The normalized spacial score (nSPS) is 9.78. The Morgan fingerprint density at radius 3 is 2.33 bits per heavy atom. The molecule has 2 rings (SSSR count). The molecular formula is C13H10N2O3. The zero-order valence-corrected chi connectivity index (χ0v) is 9.33. The molecule has 2 aromatic rings. The third-order valence-electron chi connectivity index (χ3n) is 2.27. The average molecular weight is 242 g/mol. The molecule has 2 N–H and O–H groups in total. The maximum absolute atomic E-state index is 11.8. The van der Waals surface area contributed by atoms with Gasteiger partial charge in [-0.05, 0) is 24.3 Å². The number of nitrogens with one attached hydrogen (secondary N) is 1. The molecule has 0 saturated carbocycles. The maximum Gasteiger partial charge on any atom is 0.337 e. The second-order valence-electron chi connectivity index (χ2n) is 3.56. The summed E-state index contributed by atoms with van der Waals surface area (Å²) in [6.07, 6.45) is 1.15. The molecule has 1 amide bonds. The molecule has 5 nitrogen and oxygen atoms in total. The lowest BCUT2D eigenvalue weighted by Gasteiger charge is -2.04. The van der Waals surface area contributed by atoms with Crippen LogP contribution in [0.15, 0.2) is 48.7 Å². The first kappa shape index (κ1) is 11.8. The molecule has 0 unspecified atom stereocenters. The van der Waals surface area contributed by atoms with E-state index in [0.29, 0.717) is 5.69 Å². The molecule has 18 heavy (non-hydrogen) atoms. The van der Waals surface area contributed by atoms with Crippen LogP contribution in [0, 0.1) is 0 Å². The van der Waals surface area contributed by atoms with Crippen LogP contribution in [0.1, 0.15) is 20.8 Å². The SMILES string of the molecule is O=C(O)c1ccc(C(=O)Nc2ccccc2)nc1. The van der Waals surface area contributed by atoms with Gasteiger partial charge in [0.25, 0.3) is 5.91 Å². The van der Waals surface area contributed by atoms with Crippen molar-refractivity contribution in [1.29, 1.82) is 0 Å². The third kappa shape index (κ3) is 2.70. The summed E-state index contributed by atoms with van der Waals surface area (Å²) in [5.41, 5.74) is 0.877. The Hall–Kier alpha value is -2.69. The molecule has 0 saturated heterocycles. The van der Waals surface area contributed by atoms with E-state index in [2.05, 4.69) is 10.3 Å². The molecule has 1 aromatic carbocycles. The van der Waals surface area contributed by atoms with Gasteiger partial charge in [0.15, 0.2) is 0 Å². The van der Waals surface area contributed by atoms with Crippen LogP contribution in [0.4, 0.5) is 5.69 Å². The number of aromatic nitrogens is 1. The number of aromatic carboxylic acids is 1. The standard InChI is InChI=1S/C13H10N2O3/c16-12(15-10-4-2-1-3-5-10)11-7-6-9(8-14-11)13(17)18/h1-8H,(H,15,16)(H,17,18). The summed E-state index contributed by atoms with van der Waals surface area (Å²) in [6, 6.07) is 11.7. The first-order chi connectivity index (χ1) is 8.66. The van der Waals surface area contributed by atoms with E-state index in [1.54, 1.807) is 24.3 Å². The number of carbonyl (C=O) groups is 2. The first-order valence-corrected chi connectivity index (χ1v) is 5.22. The number of hydrogen-bond acceptors (Lipinski definition) is 3. The monoisotopic (exact) mass is 242 g/mol. The number of para-hydroxylation sites is 1. The zero-order valence-electron chi connectivity index (χ0n) is 9.33. The van der Waals surface area contributed by atoms with Crippen molar-refractivity contribution in [3.8, 4) is 0 Å². The molecule has 0 aliphatic carbocycles. The summed E-state index contributed by atoms with van der Waals surface area (Å²) in [4.78, 5) is 26.2. The van der Waals surface area contributed by atoms with Gasteiger partial charge in [-0.25, -0.2) is 4.79 Å². The first-order valence-electron chi connectivity index (χ1n) is 5.22. The van der Waals surface area contributed by atoms with Crippen molar-refractivity contribution in [3.05, 3.63) is 59.9 Å². The van der Waals surface area contributed by atoms with Gasteiger partial charge in [0, 0.05) is 11.9 Å². The quantitative estimate of drug-likeness (QED) is 0.863. The van der Waals surface area contributed by atoms with Gasteiger partial charge in [-0.1, -0.05) is 18.2 Å². The number of benzene rings is 1. The number of carbonyl (C=O) groups excluding carboxylic acids is 1. The molecule has 0 radical (unpaired) electrons. The summed E-state index contributed by atoms with van der Waals surface area (Å²) in [5.74, 6) is -1.45. The van der Waals surface area contributed by atoms with Gasteiger partial charge in [-0.3, -0.25) is 9.78 Å². The summed E-state index contributed by atoms with van der Waals surface area (Å²) in [5, 5.41) is 11.4. The van der Waals surface area contributed by atoms with Crippen molar-refractivity contribution in [2.45, 2.75) is 0 Å². The lowest BCUT2D eigenvalue weighted by atomic mass is 10.2. The Balaban J connectivity index is 2.12. The summed E-state index contributed by atoms with van der Waals surface area (Å²) in [6.45, 7) is 0. The van der Waals surface area contributed by atoms with E-state index in [1.165, 1.54) is 12.1 Å². The third-order valence-corrected chi connectivity index (χ3v) is 2.27. The van der Waals surface area contributed by atoms with E-state index in [4.69, 9.17) is 5.11 Å². The zero-order chi connectivity index (χ0) is 13.0. The molecule has 0 fully saturated rings. The number of carboxylic acid groups (broad SMARTS) is 1. The fourth-order valence-corrected chi connectivity index (χ4v) is 1.37. The summed E-state index contributed by atoms with van der Waals surface area (Å²) >= 11 is 0. The van der Waals surface area contributed by atoms with Gasteiger partial charge in [-0.15, -0.1) is 0 Å². The molecular weight excluding hydrogens is 232 g/mol. The molecule has 0 spiro atoms. The molecule has 90 valence electrons. The van der Waals surface area contributed by atoms with Gasteiger partial charge in [0.1, 0.15) is 5.69 Å². The fourth-order valence-electron chi connectivity index (χ4n) is 1.37. The smallest absolute Gasteiger partial charge is 0.337 e. The van der Waals surface area contributed by atoms with Crippen molar-refractivity contribution < 1.29 is 14.7 Å². The predicted octanol–water partition coefficient (Wildman–Crippen LogP) is 2.03. The second kappa shape index (κ2) is 5.09. The molecule has 0 bridgehead atoms. The Morgan fingerprint density at radius 1 is 1.06 bits per heavy atom. The Kier molecular flexibility index (Phi) is 3.33. The van der Waals surface area contributed by atoms with Crippen LogP contribution in [0.2, 0.25) is 0 Å². The molecule has 1 aromatic heterocycles. The summed E-state index contributed by atoms with van der Waals surface area (Å²) < 4.78 is 0. The predicted molar refractivity (Wildman–Crippen MR) is 65.6 cm³/mol. The van der Waals surface area contributed by atoms with E-state index < -0.39 is 5.97 Å². The van der Waals surface area contributed by atoms with Crippen LogP contribution < -0.4 is 5.32 Å². The molecule has 1 heterocycles. The lowest BCUT2D eigenvalue weighted by Crippen LogP contribution is -2.14. The van der Waals surface area contributed by atoms with Crippen molar-refractivity contribution >= 4 is 17.6 Å². The fraction of sp³-hybridized carbons (Fsp3) is 0. The Morgan fingerprint density at radius 2 is 1.78 bits per heavy atom. The minimum Gasteiger partial charge on any atom is -0.478 e. The number of hydrogen-bond donors (Lipinski definition) is 2. The van der Waals surface area contributed by atoms with Gasteiger partial charge in [0.05, 0.1) is 5.56 Å². The number of nitrogens with zero attached hydrogens (tertiary/aromatic N) is 1. The minimum atomic E-state index is -1.07. The topological polar surface area (TPSA) is 79.3 Å². The van der Waals surface area contributed by atoms with Gasteiger partial charge in [0.2, 0.25) is 0 Å². The van der Waals surface area contributed by atoms with E-state index >= 15 is 0 Å². The molecule has 0 aliphatic heterocycles. The van der Waals surface area contributed by atoms with E-state index in [-0.39, 0.29) is 17.2 Å². The van der Waals surface area contributed by atoms with Crippen LogP contribution in [0.3, 0.4) is 0 Å². The van der Waals surface area contributed by atoms with Crippen LogP contribution >= 0.6 is 0 Å². The number of carboxylic acids is 1. The van der Waals surface area contributed by atoms with Gasteiger partial charge in [-0.2, -0.15) is 0 Å². The lowest BCUT2D eigenvalue weighted by molar-refractivity contribution is 0.0696. The van der Waals surface area contributed by atoms with E-state index in [0.717, 1.165) is 6.20 Å². The molecule has 5 heteroatoms. The largest absolute Gasteiger partial charge is 0.478 e. The average Bonchev–Trinajstić information content (AvgIpc) is 2.40. The highest BCUT2D eigenvalue weighted by Gasteiger charge is 2.09. The highest BCUT2D eigenvalue weighted by molar-refractivity contribution is 6.03. The van der Waals surface area contributed by atoms with Crippen LogP contribution in [-0.4, -0.2) is 22.0 Å². The highest BCUT2D eigenvalue weighted by atomic mass is 16.4. The second-order valence-corrected chi connectivity index (χ2v) is 3.56. The molecule has 0 atom stereocenters. The van der Waals surface area contributed by atoms with Crippen molar-refractivity contribution in [2.24, 2.45) is 0 Å². The van der Waals surface area contributed by atoms with Crippen LogP contribution in [-0.2, 0) is 0 Å². The Bertz CT molecular complexity index is 565. The highest BCUT2D eigenvalue weighted by Crippen LogP contribution is 2.08. The van der Waals surface area contributed by atoms with Crippen molar-refractivity contribution in [3.63, 3.8) is 0 Å². The van der Waals surface area contributed by atoms with Gasteiger partial charge >= 0.3 is 5.97 Å². The minimum absolute atomic E-state index is 0.0475. The number of anilines is 1. The van der Waals surface area contributed by atoms with Crippen LogP contribution in [0.5, 0.6) is 0 Å². The summed E-state index contributed by atoms with van der Waals surface area (Å²) in [7, 11) is 0. The molecule has 0 aliphatic rings.